The van der Waals surface area contributed by atoms with E-state index in [9.17, 15) is 9.90 Å². The molecule has 5 nitrogen and oxygen atoms in total. The lowest BCUT2D eigenvalue weighted by atomic mass is 9.99. The Morgan fingerprint density at radius 3 is 2.42 bits per heavy atom. The zero-order chi connectivity index (χ0) is 19.1. The SMILES string of the molecule is CO/N=C(/C)CN(C(=O)c1ccc(-c2ccccc2C)cc1)[C@@H](C)CO. The minimum absolute atomic E-state index is 0.118. The number of carbonyl (C=O) groups excluding carboxylic acids is 1. The topological polar surface area (TPSA) is 62.1 Å². The minimum Gasteiger partial charge on any atom is -0.399 e. The second-order valence-corrected chi connectivity index (χ2v) is 6.37. The number of hydrogen-bond donors (Lipinski definition) is 1. The lowest BCUT2D eigenvalue weighted by molar-refractivity contribution is 0.0654. The van der Waals surface area contributed by atoms with Crippen LogP contribution < -0.4 is 0 Å². The molecule has 1 N–H and O–H groups in total. The van der Waals surface area contributed by atoms with E-state index in [1.165, 1.54) is 12.7 Å². The molecule has 0 saturated carbocycles. The number of amides is 1. The molecule has 0 saturated heterocycles. The summed E-state index contributed by atoms with van der Waals surface area (Å²) in [4.78, 5) is 19.3. The molecule has 138 valence electrons. The lowest BCUT2D eigenvalue weighted by Crippen LogP contribution is -2.43. The van der Waals surface area contributed by atoms with Gasteiger partial charge in [-0.15, -0.1) is 0 Å². The standard InChI is InChI=1S/C21H26N2O3/c1-15-7-5-6-8-20(15)18-9-11-19(12-10-18)21(25)23(17(3)14-24)13-16(2)22-26-4/h5-12,17,24H,13-14H2,1-4H3/b22-16-/t17-/m0/s1. The summed E-state index contributed by atoms with van der Waals surface area (Å²) in [5, 5.41) is 13.4. The molecular formula is C21H26N2O3. The maximum atomic E-state index is 12.9. The molecule has 0 aliphatic heterocycles. The third-order valence-electron chi connectivity index (χ3n) is 4.29. The molecule has 0 radical (unpaired) electrons. The average molecular weight is 354 g/mol. The first kappa shape index (κ1) is 19.7. The van der Waals surface area contributed by atoms with Crippen LogP contribution in [0.15, 0.2) is 53.7 Å². The molecule has 2 aromatic carbocycles. The molecule has 1 atom stereocenters. The van der Waals surface area contributed by atoms with Crippen LogP contribution in [0.4, 0.5) is 0 Å². The molecule has 0 aliphatic carbocycles. The summed E-state index contributed by atoms with van der Waals surface area (Å²) in [6, 6.07) is 15.4. The van der Waals surface area contributed by atoms with Gasteiger partial charge in [0.2, 0.25) is 0 Å². The van der Waals surface area contributed by atoms with E-state index in [1.54, 1.807) is 18.7 Å². The Kier molecular flexibility index (Phi) is 6.92. The first-order chi connectivity index (χ1) is 12.5. The summed E-state index contributed by atoms with van der Waals surface area (Å²) in [7, 11) is 1.47. The van der Waals surface area contributed by atoms with E-state index in [0.717, 1.165) is 11.1 Å². The van der Waals surface area contributed by atoms with Crippen molar-refractivity contribution in [2.45, 2.75) is 26.8 Å². The van der Waals surface area contributed by atoms with Crippen molar-refractivity contribution in [2.75, 3.05) is 20.3 Å². The first-order valence-corrected chi connectivity index (χ1v) is 8.62. The van der Waals surface area contributed by atoms with Crippen molar-refractivity contribution in [3.8, 4) is 11.1 Å². The molecule has 2 rings (SSSR count). The van der Waals surface area contributed by atoms with Crippen molar-refractivity contribution in [1.82, 2.24) is 4.90 Å². The van der Waals surface area contributed by atoms with Gasteiger partial charge in [0.25, 0.3) is 5.91 Å². The summed E-state index contributed by atoms with van der Waals surface area (Å²) in [6.07, 6.45) is 0. The Hall–Kier alpha value is -2.66. The van der Waals surface area contributed by atoms with Crippen LogP contribution in [-0.2, 0) is 4.84 Å². The predicted octanol–water partition coefficient (Wildman–Crippen LogP) is 3.51. The molecular weight excluding hydrogens is 328 g/mol. The fourth-order valence-corrected chi connectivity index (χ4v) is 2.81. The van der Waals surface area contributed by atoms with E-state index < -0.39 is 0 Å². The van der Waals surface area contributed by atoms with Gasteiger partial charge in [0.15, 0.2) is 0 Å². The molecule has 0 unspecified atom stereocenters. The highest BCUT2D eigenvalue weighted by atomic mass is 16.6. The maximum Gasteiger partial charge on any atom is 0.254 e. The van der Waals surface area contributed by atoms with E-state index in [2.05, 4.69) is 24.2 Å². The van der Waals surface area contributed by atoms with Crippen LogP contribution in [0.3, 0.4) is 0 Å². The van der Waals surface area contributed by atoms with E-state index in [4.69, 9.17) is 4.84 Å². The number of nitrogens with zero attached hydrogens (tertiary/aromatic N) is 2. The van der Waals surface area contributed by atoms with Gasteiger partial charge in [0, 0.05) is 5.56 Å². The highest BCUT2D eigenvalue weighted by Gasteiger charge is 2.22. The van der Waals surface area contributed by atoms with Gasteiger partial charge in [0.05, 0.1) is 24.9 Å². The van der Waals surface area contributed by atoms with Crippen molar-refractivity contribution in [3.63, 3.8) is 0 Å². The van der Waals surface area contributed by atoms with Crippen molar-refractivity contribution in [1.29, 1.82) is 0 Å². The van der Waals surface area contributed by atoms with Crippen molar-refractivity contribution >= 4 is 11.6 Å². The Morgan fingerprint density at radius 1 is 1.19 bits per heavy atom. The Balaban J connectivity index is 2.26. The molecule has 0 fully saturated rings. The second kappa shape index (κ2) is 9.15. The highest BCUT2D eigenvalue weighted by Crippen LogP contribution is 2.23. The van der Waals surface area contributed by atoms with Crippen molar-refractivity contribution < 1.29 is 14.7 Å². The summed E-state index contributed by atoms with van der Waals surface area (Å²) in [6.45, 7) is 5.84. The summed E-state index contributed by atoms with van der Waals surface area (Å²) < 4.78 is 0. The monoisotopic (exact) mass is 354 g/mol. The van der Waals surface area contributed by atoms with Crippen molar-refractivity contribution in [2.24, 2.45) is 5.16 Å². The van der Waals surface area contributed by atoms with Crippen molar-refractivity contribution in [3.05, 3.63) is 59.7 Å². The molecule has 0 aliphatic rings. The molecule has 26 heavy (non-hydrogen) atoms. The quantitative estimate of drug-likeness (QED) is 0.611. The maximum absolute atomic E-state index is 12.9. The molecule has 5 heteroatoms. The minimum atomic E-state index is -0.319. The van der Waals surface area contributed by atoms with E-state index >= 15 is 0 Å². The summed E-state index contributed by atoms with van der Waals surface area (Å²) in [5.41, 5.74) is 4.65. The van der Waals surface area contributed by atoms with Crippen LogP contribution in [-0.4, -0.2) is 47.9 Å². The number of aliphatic hydroxyl groups excluding tert-OH is 1. The number of aryl methyl sites for hydroxylation is 1. The normalized spacial score (nSPS) is 12.6. The fourth-order valence-electron chi connectivity index (χ4n) is 2.81. The highest BCUT2D eigenvalue weighted by molar-refractivity contribution is 5.97. The van der Waals surface area contributed by atoms with E-state index in [-0.39, 0.29) is 18.6 Å². The van der Waals surface area contributed by atoms with Gasteiger partial charge >= 0.3 is 0 Å². The third-order valence-corrected chi connectivity index (χ3v) is 4.29. The van der Waals surface area contributed by atoms with Gasteiger partial charge in [-0.1, -0.05) is 41.6 Å². The zero-order valence-electron chi connectivity index (χ0n) is 15.8. The number of aliphatic hydroxyl groups is 1. The number of oxime groups is 1. The smallest absolute Gasteiger partial charge is 0.254 e. The van der Waals surface area contributed by atoms with Gasteiger partial charge in [-0.3, -0.25) is 4.79 Å². The lowest BCUT2D eigenvalue weighted by Gasteiger charge is -2.28. The Bertz CT molecular complexity index is 769. The molecule has 0 aromatic heterocycles. The van der Waals surface area contributed by atoms with Gasteiger partial charge in [0.1, 0.15) is 7.11 Å². The first-order valence-electron chi connectivity index (χ1n) is 8.62. The number of benzene rings is 2. The van der Waals surface area contributed by atoms with Crippen LogP contribution in [0.25, 0.3) is 11.1 Å². The van der Waals surface area contributed by atoms with Crippen LogP contribution in [0.1, 0.15) is 29.8 Å². The number of hydrogen-bond acceptors (Lipinski definition) is 4. The number of rotatable bonds is 7. The summed E-state index contributed by atoms with van der Waals surface area (Å²) >= 11 is 0. The average Bonchev–Trinajstić information content (AvgIpc) is 2.66. The third kappa shape index (κ3) is 4.70. The Labute approximate surface area is 154 Å². The van der Waals surface area contributed by atoms with Gasteiger partial charge in [-0.05, 0) is 49.6 Å². The van der Waals surface area contributed by atoms with Gasteiger partial charge in [-0.2, -0.15) is 0 Å². The van der Waals surface area contributed by atoms with Gasteiger partial charge < -0.3 is 14.8 Å². The second-order valence-electron chi connectivity index (χ2n) is 6.37. The zero-order valence-corrected chi connectivity index (χ0v) is 15.8. The van der Waals surface area contributed by atoms with Crippen LogP contribution >= 0.6 is 0 Å². The van der Waals surface area contributed by atoms with Crippen LogP contribution in [0.2, 0.25) is 0 Å². The van der Waals surface area contributed by atoms with Gasteiger partial charge in [-0.25, -0.2) is 0 Å². The Morgan fingerprint density at radius 2 is 1.85 bits per heavy atom. The van der Waals surface area contributed by atoms with Crippen LogP contribution in [0.5, 0.6) is 0 Å². The largest absolute Gasteiger partial charge is 0.399 e. The fraction of sp³-hybridized carbons (Fsp3) is 0.333. The van der Waals surface area contributed by atoms with E-state index in [1.807, 2.05) is 36.4 Å². The predicted molar refractivity (Wildman–Crippen MR) is 104 cm³/mol. The molecule has 2 aromatic rings. The summed E-state index contributed by atoms with van der Waals surface area (Å²) in [5.74, 6) is -0.145. The van der Waals surface area contributed by atoms with E-state index in [0.29, 0.717) is 17.8 Å². The molecule has 1 amide bonds. The molecule has 0 bridgehead atoms. The van der Waals surface area contributed by atoms with Crippen LogP contribution in [0, 0.1) is 6.92 Å². The number of carbonyl (C=O) groups is 1. The molecule has 0 spiro atoms. The molecule has 0 heterocycles.